The molecule has 0 aliphatic heterocycles. The van der Waals surface area contributed by atoms with Crippen molar-refractivity contribution >= 4 is 34.9 Å². The van der Waals surface area contributed by atoms with Crippen LogP contribution in [0.25, 0.3) is 0 Å². The Bertz CT molecular complexity index is 449. The molecule has 17 heavy (non-hydrogen) atoms. The molecule has 89 valence electrons. The van der Waals surface area contributed by atoms with E-state index < -0.39 is 7.42 Å². The van der Waals surface area contributed by atoms with Crippen molar-refractivity contribution in [2.45, 2.75) is 13.8 Å². The van der Waals surface area contributed by atoms with Crippen molar-refractivity contribution in [2.75, 3.05) is 0 Å². The van der Waals surface area contributed by atoms with Crippen LogP contribution in [-0.2, 0) is 0 Å². The van der Waals surface area contributed by atoms with Gasteiger partial charge in [-0.25, -0.2) is 0 Å². The number of rotatable bonds is 1. The van der Waals surface area contributed by atoms with Crippen molar-refractivity contribution in [3.05, 3.63) is 54.0 Å². The Balaban J connectivity index is 0.000000181. The minimum absolute atomic E-state index is 0.813. The van der Waals surface area contributed by atoms with Gasteiger partial charge in [-0.15, -0.1) is 22.2 Å². The molecule has 0 N–H and O–H groups in total. The van der Waals surface area contributed by atoms with E-state index in [0.29, 0.717) is 0 Å². The van der Waals surface area contributed by atoms with E-state index in [9.17, 15) is 0 Å². The lowest BCUT2D eigenvalue weighted by Gasteiger charge is -1.97. The first-order valence-corrected chi connectivity index (χ1v) is 8.59. The zero-order valence-corrected chi connectivity index (χ0v) is 12.2. The molecule has 0 aliphatic rings. The second-order valence-corrected chi connectivity index (χ2v) is 7.38. The van der Waals surface area contributed by atoms with Gasteiger partial charge in [-0.3, -0.25) is 9.97 Å². The molecule has 0 aromatic carbocycles. The summed E-state index contributed by atoms with van der Waals surface area (Å²) in [5, 5.41) is 0.813. The van der Waals surface area contributed by atoms with Crippen LogP contribution < -0.4 is 5.32 Å². The number of aryl methyl sites for hydroxylation is 2. The van der Waals surface area contributed by atoms with Crippen LogP contribution in [0.2, 0.25) is 0 Å². The molecule has 0 fully saturated rings. The van der Waals surface area contributed by atoms with Gasteiger partial charge in [-0.05, 0) is 49.2 Å². The van der Waals surface area contributed by atoms with E-state index in [1.807, 2.05) is 38.1 Å². The monoisotopic (exact) mass is 283 g/mol. The maximum atomic E-state index is 5.68. The van der Waals surface area contributed by atoms with Crippen LogP contribution in [0.15, 0.2) is 42.9 Å². The van der Waals surface area contributed by atoms with E-state index in [2.05, 4.69) is 9.97 Å². The molecule has 0 atom stereocenters. The Hall–Kier alpha value is -0.903. The zero-order chi connectivity index (χ0) is 12.7. The van der Waals surface area contributed by atoms with Crippen molar-refractivity contribution in [3.63, 3.8) is 0 Å². The van der Waals surface area contributed by atoms with Gasteiger partial charge in [0.1, 0.15) is 0 Å². The van der Waals surface area contributed by atoms with Crippen LogP contribution in [0.1, 0.15) is 11.1 Å². The lowest BCUT2D eigenvalue weighted by molar-refractivity contribution is 1.29. The van der Waals surface area contributed by atoms with Gasteiger partial charge >= 0.3 is 7.42 Å². The fourth-order valence-corrected chi connectivity index (χ4v) is 2.19. The average Bonchev–Trinajstić information content (AvgIpc) is 2.31. The summed E-state index contributed by atoms with van der Waals surface area (Å²) < 4.78 is 0. The minimum Gasteiger partial charge on any atom is -0.265 e. The third-order valence-corrected chi connectivity index (χ3v) is 3.78. The number of aromatic nitrogens is 2. The molecular formula is C12H13Cl2N2Si. The highest BCUT2D eigenvalue weighted by molar-refractivity contribution is 7.39. The highest BCUT2D eigenvalue weighted by atomic mass is 35.7. The SMILES string of the molecule is Cc1ccnc([Si](Cl)Cl)c1.Cc1ccncc1. The van der Waals surface area contributed by atoms with Gasteiger partial charge in [0.15, 0.2) is 0 Å². The van der Waals surface area contributed by atoms with Crippen LogP contribution in [-0.4, -0.2) is 17.4 Å². The molecule has 5 heteroatoms. The van der Waals surface area contributed by atoms with Crippen LogP contribution in [0.5, 0.6) is 0 Å². The maximum Gasteiger partial charge on any atom is 0.325 e. The summed E-state index contributed by atoms with van der Waals surface area (Å²) in [5.41, 5.74) is 2.41. The normalized spacial score (nSPS) is 9.71. The second kappa shape index (κ2) is 7.43. The summed E-state index contributed by atoms with van der Waals surface area (Å²) in [7, 11) is -1.40. The third-order valence-electron chi connectivity index (χ3n) is 1.96. The zero-order valence-electron chi connectivity index (χ0n) is 9.69. The quantitative estimate of drug-likeness (QED) is 0.594. The lowest BCUT2D eigenvalue weighted by Crippen LogP contribution is -2.21. The number of hydrogen-bond acceptors (Lipinski definition) is 2. The standard InChI is InChI=1S/C6H6Cl2NSi.C6H7N/c1-5-2-3-9-6(4-5)10(7)8;1-6-2-4-7-5-3-6/h2-4H,1H3;2-5H,1H3. The van der Waals surface area contributed by atoms with E-state index in [1.165, 1.54) is 5.56 Å². The number of pyridine rings is 2. The smallest absolute Gasteiger partial charge is 0.265 e. The Morgan fingerprint density at radius 3 is 1.88 bits per heavy atom. The van der Waals surface area contributed by atoms with Crippen LogP contribution in [0, 0.1) is 13.8 Å². The summed E-state index contributed by atoms with van der Waals surface area (Å²) in [4.78, 5) is 7.87. The molecule has 0 aliphatic carbocycles. The van der Waals surface area contributed by atoms with Crippen molar-refractivity contribution in [3.8, 4) is 0 Å². The average molecular weight is 284 g/mol. The van der Waals surface area contributed by atoms with Gasteiger partial charge in [0.05, 0.1) is 5.32 Å². The van der Waals surface area contributed by atoms with Crippen molar-refractivity contribution < 1.29 is 0 Å². The molecule has 1 radical (unpaired) electrons. The van der Waals surface area contributed by atoms with Gasteiger partial charge in [0, 0.05) is 18.6 Å². The molecule has 0 saturated carbocycles. The minimum atomic E-state index is -1.40. The molecule has 0 unspecified atom stereocenters. The van der Waals surface area contributed by atoms with Crippen molar-refractivity contribution in [2.24, 2.45) is 0 Å². The fraction of sp³-hybridized carbons (Fsp3) is 0.167. The number of hydrogen-bond donors (Lipinski definition) is 0. The molecule has 2 aromatic rings. The van der Waals surface area contributed by atoms with Crippen molar-refractivity contribution in [1.82, 2.24) is 9.97 Å². The highest BCUT2D eigenvalue weighted by Crippen LogP contribution is 1.97. The molecule has 2 aromatic heterocycles. The first-order chi connectivity index (χ1) is 8.09. The fourth-order valence-electron chi connectivity index (χ4n) is 1.07. The third kappa shape index (κ3) is 5.82. The molecule has 2 heterocycles. The summed E-state index contributed by atoms with van der Waals surface area (Å²) in [6.07, 6.45) is 5.30. The molecule has 0 saturated heterocycles. The molecule has 0 bridgehead atoms. The van der Waals surface area contributed by atoms with Gasteiger partial charge in [-0.2, -0.15) is 0 Å². The molecule has 0 spiro atoms. The molecule has 2 rings (SSSR count). The Morgan fingerprint density at radius 1 is 0.941 bits per heavy atom. The van der Waals surface area contributed by atoms with Gasteiger partial charge in [0.25, 0.3) is 0 Å². The number of nitrogens with zero attached hydrogens (tertiary/aromatic N) is 2. The van der Waals surface area contributed by atoms with Gasteiger partial charge in [-0.1, -0.05) is 0 Å². The second-order valence-electron chi connectivity index (χ2n) is 3.50. The van der Waals surface area contributed by atoms with Gasteiger partial charge < -0.3 is 0 Å². The predicted molar refractivity (Wildman–Crippen MR) is 75.0 cm³/mol. The molecule has 2 nitrogen and oxygen atoms in total. The first kappa shape index (κ1) is 14.2. The lowest BCUT2D eigenvalue weighted by atomic mass is 10.3. The Labute approximate surface area is 113 Å². The Kier molecular flexibility index (Phi) is 6.19. The van der Waals surface area contributed by atoms with E-state index in [0.717, 1.165) is 10.9 Å². The predicted octanol–water partition coefficient (Wildman–Crippen LogP) is 2.95. The van der Waals surface area contributed by atoms with E-state index >= 15 is 0 Å². The molecular weight excluding hydrogens is 271 g/mol. The van der Waals surface area contributed by atoms with Gasteiger partial charge in [0.2, 0.25) is 0 Å². The Morgan fingerprint density at radius 2 is 1.53 bits per heavy atom. The topological polar surface area (TPSA) is 25.8 Å². The summed E-state index contributed by atoms with van der Waals surface area (Å²) >= 11 is 11.4. The van der Waals surface area contributed by atoms with E-state index in [-0.39, 0.29) is 0 Å². The van der Waals surface area contributed by atoms with Crippen LogP contribution in [0.4, 0.5) is 0 Å². The first-order valence-electron chi connectivity index (χ1n) is 5.07. The van der Waals surface area contributed by atoms with E-state index in [1.54, 1.807) is 18.6 Å². The van der Waals surface area contributed by atoms with Crippen molar-refractivity contribution in [1.29, 1.82) is 0 Å². The summed E-state index contributed by atoms with van der Waals surface area (Å²) in [6.45, 7) is 4.03. The summed E-state index contributed by atoms with van der Waals surface area (Å²) in [6, 6.07) is 7.77. The maximum absolute atomic E-state index is 5.68. The molecule has 0 amide bonds. The number of halogens is 2. The summed E-state index contributed by atoms with van der Waals surface area (Å²) in [5.74, 6) is 0. The highest BCUT2D eigenvalue weighted by Gasteiger charge is 2.07. The van der Waals surface area contributed by atoms with Crippen LogP contribution in [0.3, 0.4) is 0 Å². The largest absolute Gasteiger partial charge is 0.325 e. The van der Waals surface area contributed by atoms with Crippen LogP contribution >= 0.6 is 22.2 Å². The van der Waals surface area contributed by atoms with E-state index in [4.69, 9.17) is 22.2 Å².